The highest BCUT2D eigenvalue weighted by atomic mass is 14.3. The van der Waals surface area contributed by atoms with E-state index in [2.05, 4.69) is 50.3 Å². The fourth-order valence-corrected chi connectivity index (χ4v) is 2.66. The minimum absolute atomic E-state index is 0.810. The molecule has 2 atom stereocenters. The molecule has 2 rings (SSSR count). The zero-order valence-corrected chi connectivity index (χ0v) is 9.74. The maximum Gasteiger partial charge on any atom is -0.0199 e. The average Bonchev–Trinajstić information content (AvgIpc) is 2.73. The largest absolute Gasteiger partial charge is 0.0773 e. The number of hydrogen-bond acceptors (Lipinski definition) is 0. The molecule has 1 aromatic rings. The van der Waals surface area contributed by atoms with E-state index in [1.165, 1.54) is 24.8 Å². The van der Waals surface area contributed by atoms with Crippen LogP contribution in [0.4, 0.5) is 0 Å². The lowest BCUT2D eigenvalue weighted by molar-refractivity contribution is 0.403. The van der Waals surface area contributed by atoms with Crippen molar-refractivity contribution in [3.8, 4) is 0 Å². The summed E-state index contributed by atoms with van der Waals surface area (Å²) in [7, 11) is 0. The third kappa shape index (κ3) is 2.14. The predicted octanol–water partition coefficient (Wildman–Crippen LogP) is 4.53. The van der Waals surface area contributed by atoms with E-state index >= 15 is 0 Å². The van der Waals surface area contributed by atoms with Gasteiger partial charge in [0.05, 0.1) is 0 Å². The third-order valence-corrected chi connectivity index (χ3v) is 3.64. The first-order valence-corrected chi connectivity index (χ1v) is 6.11. The first-order valence-electron chi connectivity index (χ1n) is 6.11. The van der Waals surface area contributed by atoms with Gasteiger partial charge >= 0.3 is 0 Å². The summed E-state index contributed by atoms with van der Waals surface area (Å²) in [5, 5.41) is 0. The molecule has 0 amide bonds. The van der Waals surface area contributed by atoms with Gasteiger partial charge in [0.15, 0.2) is 0 Å². The van der Waals surface area contributed by atoms with Gasteiger partial charge in [0.2, 0.25) is 0 Å². The lowest BCUT2D eigenvalue weighted by Crippen LogP contribution is -2.04. The minimum Gasteiger partial charge on any atom is -0.0773 e. The summed E-state index contributed by atoms with van der Waals surface area (Å²) in [5.41, 5.74) is 2.99. The van der Waals surface area contributed by atoms with Crippen LogP contribution < -0.4 is 0 Å². The van der Waals surface area contributed by atoms with Crippen molar-refractivity contribution < 1.29 is 0 Å². The van der Waals surface area contributed by atoms with Crippen molar-refractivity contribution in [3.63, 3.8) is 0 Å². The summed E-state index contributed by atoms with van der Waals surface area (Å²) in [6, 6.07) is 10.8. The van der Waals surface area contributed by atoms with Gasteiger partial charge in [-0.05, 0) is 35.8 Å². The first kappa shape index (κ1) is 10.5. The Balaban J connectivity index is 2.19. The van der Waals surface area contributed by atoms with Gasteiger partial charge in [0.25, 0.3) is 0 Å². The summed E-state index contributed by atoms with van der Waals surface area (Å²) >= 11 is 0. The van der Waals surface area contributed by atoms with Gasteiger partial charge in [-0.2, -0.15) is 0 Å². The number of rotatable bonds is 3. The van der Waals surface area contributed by atoms with Crippen LogP contribution in [-0.4, -0.2) is 0 Å². The van der Waals surface area contributed by atoms with E-state index in [-0.39, 0.29) is 0 Å². The van der Waals surface area contributed by atoms with Crippen molar-refractivity contribution in [2.75, 3.05) is 0 Å². The Hall–Kier alpha value is -1.04. The fourth-order valence-electron chi connectivity index (χ4n) is 2.66. The van der Waals surface area contributed by atoms with Gasteiger partial charge in [-0.25, -0.2) is 0 Å². The summed E-state index contributed by atoms with van der Waals surface area (Å²) in [4.78, 5) is 0. The molecule has 0 aromatic heterocycles. The molecule has 15 heavy (non-hydrogen) atoms. The molecule has 0 heteroatoms. The molecule has 0 aliphatic heterocycles. The van der Waals surface area contributed by atoms with Crippen molar-refractivity contribution >= 4 is 5.57 Å². The molecule has 0 saturated heterocycles. The number of benzene rings is 1. The van der Waals surface area contributed by atoms with Crippen LogP contribution >= 0.6 is 0 Å². The maximum absolute atomic E-state index is 2.50. The Morgan fingerprint density at radius 1 is 1.07 bits per heavy atom. The number of hydrogen-bond donors (Lipinski definition) is 0. The van der Waals surface area contributed by atoms with Crippen LogP contribution in [0.25, 0.3) is 5.57 Å². The van der Waals surface area contributed by atoms with Crippen LogP contribution in [0.15, 0.2) is 36.4 Å². The van der Waals surface area contributed by atoms with Gasteiger partial charge in [0, 0.05) is 0 Å². The molecule has 80 valence electrons. The topological polar surface area (TPSA) is 0 Å². The van der Waals surface area contributed by atoms with Crippen LogP contribution in [0, 0.1) is 11.8 Å². The quantitative estimate of drug-likeness (QED) is 0.672. The molecule has 2 unspecified atom stereocenters. The molecule has 0 bridgehead atoms. The van der Waals surface area contributed by atoms with Crippen molar-refractivity contribution in [1.29, 1.82) is 0 Å². The van der Waals surface area contributed by atoms with Gasteiger partial charge in [-0.1, -0.05) is 56.7 Å². The van der Waals surface area contributed by atoms with E-state index in [9.17, 15) is 0 Å². The average molecular weight is 200 g/mol. The molecular weight excluding hydrogens is 180 g/mol. The van der Waals surface area contributed by atoms with Crippen molar-refractivity contribution in [2.24, 2.45) is 11.8 Å². The highest BCUT2D eigenvalue weighted by Gasteiger charge is 2.24. The van der Waals surface area contributed by atoms with Gasteiger partial charge in [0.1, 0.15) is 0 Å². The second-order valence-corrected chi connectivity index (χ2v) is 4.50. The molecule has 0 N–H and O–H groups in total. The molecule has 1 aliphatic rings. The van der Waals surface area contributed by atoms with Gasteiger partial charge < -0.3 is 0 Å². The van der Waals surface area contributed by atoms with E-state index in [1.807, 2.05) is 0 Å². The Labute approximate surface area is 93.0 Å². The SMILES string of the molecule is CCC1C=C(c2ccccc2)CC1CC. The van der Waals surface area contributed by atoms with Gasteiger partial charge in [-0.3, -0.25) is 0 Å². The maximum atomic E-state index is 2.50. The van der Waals surface area contributed by atoms with E-state index in [0.29, 0.717) is 0 Å². The molecule has 0 heterocycles. The van der Waals surface area contributed by atoms with E-state index in [4.69, 9.17) is 0 Å². The Kier molecular flexibility index (Phi) is 3.25. The van der Waals surface area contributed by atoms with Crippen molar-refractivity contribution in [3.05, 3.63) is 42.0 Å². The second-order valence-electron chi connectivity index (χ2n) is 4.50. The van der Waals surface area contributed by atoms with E-state index in [0.717, 1.165) is 11.8 Å². The Morgan fingerprint density at radius 3 is 2.33 bits per heavy atom. The molecule has 0 fully saturated rings. The Bertz CT molecular complexity index is 334. The standard InChI is InChI=1S/C15H20/c1-3-12-10-15(11-13(12)4-2)14-8-6-5-7-9-14/h5-10,12-13H,3-4,11H2,1-2H3. The zero-order valence-electron chi connectivity index (χ0n) is 9.74. The molecule has 0 saturated carbocycles. The lowest BCUT2D eigenvalue weighted by atomic mass is 9.90. The number of allylic oxidation sites excluding steroid dienone is 2. The normalized spacial score (nSPS) is 25.3. The minimum atomic E-state index is 0.810. The summed E-state index contributed by atoms with van der Waals surface area (Å²) < 4.78 is 0. The predicted molar refractivity (Wildman–Crippen MR) is 66.6 cm³/mol. The van der Waals surface area contributed by atoms with Crippen molar-refractivity contribution in [1.82, 2.24) is 0 Å². The highest BCUT2D eigenvalue weighted by molar-refractivity contribution is 5.67. The van der Waals surface area contributed by atoms with Crippen LogP contribution in [-0.2, 0) is 0 Å². The molecular formula is C15H20. The van der Waals surface area contributed by atoms with Crippen molar-refractivity contribution in [2.45, 2.75) is 33.1 Å². The second kappa shape index (κ2) is 4.65. The smallest absolute Gasteiger partial charge is 0.0199 e. The molecule has 0 nitrogen and oxygen atoms in total. The highest BCUT2D eigenvalue weighted by Crippen LogP contribution is 2.39. The first-order chi connectivity index (χ1) is 7.35. The molecule has 0 radical (unpaired) electrons. The summed E-state index contributed by atoms with van der Waals surface area (Å²) in [6.45, 7) is 4.62. The zero-order chi connectivity index (χ0) is 10.7. The Morgan fingerprint density at radius 2 is 1.80 bits per heavy atom. The monoisotopic (exact) mass is 200 g/mol. The van der Waals surface area contributed by atoms with Crippen LogP contribution in [0.2, 0.25) is 0 Å². The molecule has 0 spiro atoms. The fraction of sp³-hybridized carbons (Fsp3) is 0.467. The van der Waals surface area contributed by atoms with Crippen LogP contribution in [0.5, 0.6) is 0 Å². The van der Waals surface area contributed by atoms with E-state index < -0.39 is 0 Å². The van der Waals surface area contributed by atoms with Crippen LogP contribution in [0.1, 0.15) is 38.7 Å². The van der Waals surface area contributed by atoms with Crippen LogP contribution in [0.3, 0.4) is 0 Å². The summed E-state index contributed by atoms with van der Waals surface area (Å²) in [6.07, 6.45) is 6.38. The lowest BCUT2D eigenvalue weighted by Gasteiger charge is -2.14. The molecule has 1 aromatic carbocycles. The third-order valence-electron chi connectivity index (χ3n) is 3.64. The van der Waals surface area contributed by atoms with E-state index in [1.54, 1.807) is 5.57 Å². The summed E-state index contributed by atoms with van der Waals surface area (Å²) in [5.74, 6) is 1.69. The van der Waals surface area contributed by atoms with Gasteiger partial charge in [-0.15, -0.1) is 0 Å². The molecule has 1 aliphatic carbocycles.